The van der Waals surface area contributed by atoms with E-state index in [0.29, 0.717) is 24.5 Å². The molecule has 0 amide bonds. The molecule has 1 heterocycles. The first-order valence-corrected chi connectivity index (χ1v) is 8.11. The minimum atomic E-state index is -3.29. The third kappa shape index (κ3) is 3.84. The Morgan fingerprint density at radius 2 is 2.25 bits per heavy atom. The molecule has 1 aliphatic heterocycles. The molecule has 0 aromatic heterocycles. The monoisotopic (exact) mass is 300 g/mol. The first kappa shape index (κ1) is 15.1. The van der Waals surface area contributed by atoms with Gasteiger partial charge >= 0.3 is 0 Å². The van der Waals surface area contributed by atoms with Crippen molar-refractivity contribution < 1.29 is 17.9 Å². The van der Waals surface area contributed by atoms with Crippen molar-refractivity contribution >= 4 is 15.7 Å². The van der Waals surface area contributed by atoms with E-state index in [1.54, 1.807) is 31.4 Å². The molecular formula is C13H20N2O4S. The number of nitrogen functional groups attached to an aromatic ring is 1. The van der Waals surface area contributed by atoms with E-state index in [-0.39, 0.29) is 18.5 Å². The average molecular weight is 300 g/mol. The maximum Gasteiger partial charge on any atom is 0.217 e. The van der Waals surface area contributed by atoms with E-state index in [1.165, 1.54) is 4.31 Å². The average Bonchev–Trinajstić information content (AvgIpc) is 2.88. The molecule has 1 fully saturated rings. The van der Waals surface area contributed by atoms with Crippen molar-refractivity contribution in [3.05, 3.63) is 24.3 Å². The molecule has 6 nitrogen and oxygen atoms in total. The summed E-state index contributed by atoms with van der Waals surface area (Å²) >= 11 is 0. The molecule has 0 radical (unpaired) electrons. The van der Waals surface area contributed by atoms with Gasteiger partial charge in [-0.05, 0) is 18.6 Å². The third-order valence-electron chi connectivity index (χ3n) is 3.30. The standard InChI is InChI=1S/C13H20N2O4S/c1-18-13-5-6-15(10-13)20(16,17)8-7-19-12-4-2-3-11(14)9-12/h2-4,9,13H,5-8,10,14H2,1H3. The summed E-state index contributed by atoms with van der Waals surface area (Å²) in [6.45, 7) is 1.05. The summed E-state index contributed by atoms with van der Waals surface area (Å²) in [5.74, 6) is 0.537. The van der Waals surface area contributed by atoms with E-state index >= 15 is 0 Å². The van der Waals surface area contributed by atoms with Crippen LogP contribution in [0.4, 0.5) is 5.69 Å². The second kappa shape index (κ2) is 6.43. The van der Waals surface area contributed by atoms with Crippen LogP contribution in [-0.2, 0) is 14.8 Å². The Labute approximate surface area is 119 Å². The van der Waals surface area contributed by atoms with Gasteiger partial charge in [0.1, 0.15) is 12.4 Å². The molecule has 0 spiro atoms. The fourth-order valence-electron chi connectivity index (χ4n) is 2.14. The highest BCUT2D eigenvalue weighted by Gasteiger charge is 2.31. The Morgan fingerprint density at radius 1 is 1.45 bits per heavy atom. The zero-order valence-corrected chi connectivity index (χ0v) is 12.3. The van der Waals surface area contributed by atoms with E-state index in [4.69, 9.17) is 15.2 Å². The summed E-state index contributed by atoms with van der Waals surface area (Å²) in [6.07, 6.45) is 0.742. The highest BCUT2D eigenvalue weighted by atomic mass is 32.2. The van der Waals surface area contributed by atoms with Gasteiger partial charge in [-0.3, -0.25) is 0 Å². The van der Waals surface area contributed by atoms with Gasteiger partial charge in [0.05, 0.1) is 11.9 Å². The lowest BCUT2D eigenvalue weighted by molar-refractivity contribution is 0.115. The van der Waals surface area contributed by atoms with Crippen LogP contribution in [0.3, 0.4) is 0 Å². The Morgan fingerprint density at radius 3 is 2.90 bits per heavy atom. The lowest BCUT2D eigenvalue weighted by Gasteiger charge is -2.16. The van der Waals surface area contributed by atoms with Crippen molar-refractivity contribution in [3.8, 4) is 5.75 Å². The number of anilines is 1. The van der Waals surface area contributed by atoms with Crippen LogP contribution < -0.4 is 10.5 Å². The van der Waals surface area contributed by atoms with Gasteiger partial charge in [0.15, 0.2) is 0 Å². The number of hydrogen-bond donors (Lipinski definition) is 1. The van der Waals surface area contributed by atoms with Crippen LogP contribution >= 0.6 is 0 Å². The molecule has 1 aromatic carbocycles. The van der Waals surface area contributed by atoms with E-state index < -0.39 is 10.0 Å². The summed E-state index contributed by atoms with van der Waals surface area (Å²) in [5.41, 5.74) is 6.22. The predicted molar refractivity (Wildman–Crippen MR) is 77.1 cm³/mol. The van der Waals surface area contributed by atoms with Crippen LogP contribution in [0, 0.1) is 0 Å². The van der Waals surface area contributed by atoms with Gasteiger partial charge in [-0.25, -0.2) is 8.42 Å². The molecule has 2 rings (SSSR count). The Balaban J connectivity index is 1.84. The number of rotatable bonds is 6. The van der Waals surface area contributed by atoms with Crippen LogP contribution in [0.2, 0.25) is 0 Å². The van der Waals surface area contributed by atoms with E-state index in [9.17, 15) is 8.42 Å². The van der Waals surface area contributed by atoms with Crippen molar-refractivity contribution in [1.82, 2.24) is 4.31 Å². The van der Waals surface area contributed by atoms with Crippen LogP contribution in [0.15, 0.2) is 24.3 Å². The largest absolute Gasteiger partial charge is 0.492 e. The van der Waals surface area contributed by atoms with Crippen LogP contribution in [0.5, 0.6) is 5.75 Å². The quantitative estimate of drug-likeness (QED) is 0.782. The normalized spacial score (nSPS) is 20.1. The number of methoxy groups -OCH3 is 1. The Hall–Kier alpha value is -1.31. The molecule has 1 unspecified atom stereocenters. The molecule has 1 aromatic rings. The molecule has 2 N–H and O–H groups in total. The second-order valence-electron chi connectivity index (χ2n) is 4.74. The van der Waals surface area contributed by atoms with Crippen molar-refractivity contribution in [2.24, 2.45) is 0 Å². The number of ether oxygens (including phenoxy) is 2. The molecule has 0 aliphatic carbocycles. The van der Waals surface area contributed by atoms with Gasteiger partial charge < -0.3 is 15.2 Å². The van der Waals surface area contributed by atoms with E-state index in [0.717, 1.165) is 6.42 Å². The first-order chi connectivity index (χ1) is 9.51. The number of nitrogens with two attached hydrogens (primary N) is 1. The number of nitrogens with zero attached hydrogens (tertiary/aromatic N) is 1. The summed E-state index contributed by atoms with van der Waals surface area (Å²) in [6, 6.07) is 6.94. The van der Waals surface area contributed by atoms with Crippen molar-refractivity contribution in [2.75, 3.05) is 38.3 Å². The van der Waals surface area contributed by atoms with Crippen LogP contribution in [0.25, 0.3) is 0 Å². The predicted octanol–water partition coefficient (Wildman–Crippen LogP) is 0.698. The SMILES string of the molecule is COC1CCN(S(=O)(=O)CCOc2cccc(N)c2)C1. The number of benzene rings is 1. The molecule has 0 saturated carbocycles. The highest BCUT2D eigenvalue weighted by Crippen LogP contribution is 2.17. The minimum absolute atomic E-state index is 0.000356. The summed E-state index contributed by atoms with van der Waals surface area (Å²) in [5, 5.41) is 0. The lowest BCUT2D eigenvalue weighted by atomic mass is 10.3. The lowest BCUT2D eigenvalue weighted by Crippen LogP contribution is -2.33. The molecule has 7 heteroatoms. The molecule has 112 valence electrons. The van der Waals surface area contributed by atoms with Gasteiger partial charge in [-0.2, -0.15) is 4.31 Å². The van der Waals surface area contributed by atoms with E-state index in [1.807, 2.05) is 0 Å². The maximum atomic E-state index is 12.1. The van der Waals surface area contributed by atoms with Gasteiger partial charge in [0.2, 0.25) is 10.0 Å². The molecule has 20 heavy (non-hydrogen) atoms. The first-order valence-electron chi connectivity index (χ1n) is 6.50. The fraction of sp³-hybridized carbons (Fsp3) is 0.538. The molecule has 1 atom stereocenters. The summed E-state index contributed by atoms with van der Waals surface area (Å²) in [7, 11) is -1.69. The van der Waals surface area contributed by atoms with Gasteiger partial charge in [-0.1, -0.05) is 6.07 Å². The third-order valence-corrected chi connectivity index (χ3v) is 5.10. The molecule has 0 bridgehead atoms. The number of sulfonamides is 1. The van der Waals surface area contributed by atoms with Gasteiger partial charge in [-0.15, -0.1) is 0 Å². The highest BCUT2D eigenvalue weighted by molar-refractivity contribution is 7.89. The van der Waals surface area contributed by atoms with Crippen LogP contribution in [-0.4, -0.2) is 51.4 Å². The fourth-order valence-corrected chi connectivity index (χ4v) is 3.47. The van der Waals surface area contributed by atoms with E-state index in [2.05, 4.69) is 0 Å². The zero-order valence-electron chi connectivity index (χ0n) is 11.5. The maximum absolute atomic E-state index is 12.1. The summed E-state index contributed by atoms with van der Waals surface area (Å²) < 4.78 is 36.3. The summed E-state index contributed by atoms with van der Waals surface area (Å²) in [4.78, 5) is 0. The smallest absolute Gasteiger partial charge is 0.217 e. The molecule has 1 aliphatic rings. The van der Waals surface area contributed by atoms with Gasteiger partial charge in [0, 0.05) is 32.0 Å². The molecular weight excluding hydrogens is 280 g/mol. The second-order valence-corrected chi connectivity index (χ2v) is 6.83. The van der Waals surface area contributed by atoms with Gasteiger partial charge in [0.25, 0.3) is 0 Å². The van der Waals surface area contributed by atoms with Crippen molar-refractivity contribution in [2.45, 2.75) is 12.5 Å². The zero-order chi connectivity index (χ0) is 14.6. The minimum Gasteiger partial charge on any atom is -0.492 e. The Bertz CT molecular complexity index is 547. The van der Waals surface area contributed by atoms with Crippen molar-refractivity contribution in [1.29, 1.82) is 0 Å². The topological polar surface area (TPSA) is 81.9 Å². The number of hydrogen-bond acceptors (Lipinski definition) is 5. The van der Waals surface area contributed by atoms with Crippen LogP contribution in [0.1, 0.15) is 6.42 Å². The Kier molecular flexibility index (Phi) is 4.85. The van der Waals surface area contributed by atoms with Crippen molar-refractivity contribution in [3.63, 3.8) is 0 Å². The molecule has 1 saturated heterocycles.